The Bertz CT molecular complexity index is 595. The summed E-state index contributed by atoms with van der Waals surface area (Å²) in [5, 5.41) is 2.33. The third kappa shape index (κ3) is 2.85. The van der Waals surface area contributed by atoms with Crippen molar-refractivity contribution in [3.8, 4) is 17.0 Å². The van der Waals surface area contributed by atoms with Crippen molar-refractivity contribution in [2.75, 3.05) is 19.5 Å². The number of thiazole rings is 1. The van der Waals surface area contributed by atoms with Gasteiger partial charge in [-0.3, -0.25) is 0 Å². The van der Waals surface area contributed by atoms with Crippen LogP contribution in [0.3, 0.4) is 0 Å². The number of anilines is 1. The van der Waals surface area contributed by atoms with Crippen LogP contribution in [0.25, 0.3) is 11.3 Å². The molecule has 0 atom stereocenters. The van der Waals surface area contributed by atoms with Gasteiger partial charge in [0.2, 0.25) is 0 Å². The molecule has 5 nitrogen and oxygen atoms in total. The Labute approximate surface area is 115 Å². The van der Waals surface area contributed by atoms with Crippen molar-refractivity contribution in [1.82, 2.24) is 4.98 Å². The van der Waals surface area contributed by atoms with E-state index in [1.165, 1.54) is 18.4 Å². The highest BCUT2D eigenvalue weighted by Gasteiger charge is 2.15. The van der Waals surface area contributed by atoms with E-state index < -0.39 is 5.97 Å². The maximum Gasteiger partial charge on any atom is 0.341 e. The molecule has 0 fully saturated rings. The Morgan fingerprint density at radius 2 is 2.26 bits per heavy atom. The first-order chi connectivity index (χ1) is 9.15. The molecule has 2 rings (SSSR count). The van der Waals surface area contributed by atoms with Crippen LogP contribution in [-0.4, -0.2) is 24.7 Å². The number of esters is 1. The standard InChI is InChI=1S/C13H14N2O3S/c1-3-18-12(16)9-6-8(4-5-11(9)17-2)10-7-19-13(14)15-10/h4-7H,3H2,1-2H3,(H2,14,15). The summed E-state index contributed by atoms with van der Waals surface area (Å²) in [4.78, 5) is 16.1. The molecule has 6 heteroatoms. The van der Waals surface area contributed by atoms with Gasteiger partial charge in [0.25, 0.3) is 0 Å². The van der Waals surface area contributed by atoms with Gasteiger partial charge in [-0.05, 0) is 25.1 Å². The summed E-state index contributed by atoms with van der Waals surface area (Å²) in [6.45, 7) is 2.07. The largest absolute Gasteiger partial charge is 0.496 e. The van der Waals surface area contributed by atoms with Gasteiger partial charge in [0.15, 0.2) is 5.13 Å². The highest BCUT2D eigenvalue weighted by Crippen LogP contribution is 2.28. The van der Waals surface area contributed by atoms with Gasteiger partial charge in [0.1, 0.15) is 11.3 Å². The van der Waals surface area contributed by atoms with E-state index in [1.54, 1.807) is 19.1 Å². The first-order valence-electron chi connectivity index (χ1n) is 5.72. The summed E-state index contributed by atoms with van der Waals surface area (Å²) in [5.41, 5.74) is 7.53. The molecule has 0 saturated heterocycles. The highest BCUT2D eigenvalue weighted by molar-refractivity contribution is 7.13. The first-order valence-corrected chi connectivity index (χ1v) is 6.60. The Balaban J connectivity index is 2.43. The molecule has 1 heterocycles. The molecule has 0 spiro atoms. The number of nitrogen functional groups attached to an aromatic ring is 1. The zero-order chi connectivity index (χ0) is 13.8. The van der Waals surface area contributed by atoms with Gasteiger partial charge in [-0.25, -0.2) is 9.78 Å². The first kappa shape index (κ1) is 13.4. The molecular formula is C13H14N2O3S. The van der Waals surface area contributed by atoms with Crippen LogP contribution in [0.1, 0.15) is 17.3 Å². The zero-order valence-corrected chi connectivity index (χ0v) is 11.5. The van der Waals surface area contributed by atoms with Crippen LogP contribution in [0, 0.1) is 0 Å². The Morgan fingerprint density at radius 1 is 1.47 bits per heavy atom. The maximum atomic E-state index is 11.9. The SMILES string of the molecule is CCOC(=O)c1cc(-c2csc(N)n2)ccc1OC. The minimum Gasteiger partial charge on any atom is -0.496 e. The molecule has 0 aliphatic carbocycles. The number of rotatable bonds is 4. The fraction of sp³-hybridized carbons (Fsp3) is 0.231. The molecule has 1 aromatic heterocycles. The number of aromatic nitrogens is 1. The van der Waals surface area contributed by atoms with Crippen molar-refractivity contribution in [2.45, 2.75) is 6.92 Å². The van der Waals surface area contributed by atoms with Crippen LogP contribution >= 0.6 is 11.3 Å². The number of nitrogens with zero attached hydrogens (tertiary/aromatic N) is 1. The molecule has 100 valence electrons. The summed E-state index contributed by atoms with van der Waals surface area (Å²) in [6.07, 6.45) is 0. The second-order valence-electron chi connectivity index (χ2n) is 3.71. The molecule has 1 aromatic carbocycles. The number of benzene rings is 1. The number of carbonyl (C=O) groups is 1. The Kier molecular flexibility index (Phi) is 4.01. The summed E-state index contributed by atoms with van der Waals surface area (Å²) in [7, 11) is 1.51. The van der Waals surface area contributed by atoms with Crippen molar-refractivity contribution in [2.24, 2.45) is 0 Å². The third-order valence-corrected chi connectivity index (χ3v) is 3.19. The monoisotopic (exact) mass is 278 g/mol. The molecular weight excluding hydrogens is 264 g/mol. The van der Waals surface area contributed by atoms with Gasteiger partial charge in [0.05, 0.1) is 19.4 Å². The molecule has 2 N–H and O–H groups in total. The number of methoxy groups -OCH3 is 1. The smallest absolute Gasteiger partial charge is 0.341 e. The predicted octanol–water partition coefficient (Wildman–Crippen LogP) is 2.58. The van der Waals surface area contributed by atoms with Gasteiger partial charge in [-0.15, -0.1) is 11.3 Å². The van der Waals surface area contributed by atoms with Gasteiger partial charge in [-0.1, -0.05) is 0 Å². The summed E-state index contributed by atoms with van der Waals surface area (Å²) < 4.78 is 10.2. The fourth-order valence-corrected chi connectivity index (χ4v) is 2.23. The van der Waals surface area contributed by atoms with Crippen LogP contribution in [0.5, 0.6) is 5.75 Å². The van der Waals surface area contributed by atoms with Gasteiger partial charge >= 0.3 is 5.97 Å². The summed E-state index contributed by atoms with van der Waals surface area (Å²) in [6, 6.07) is 5.25. The molecule has 2 aromatic rings. The van der Waals surface area contributed by atoms with Crippen molar-refractivity contribution in [1.29, 1.82) is 0 Å². The topological polar surface area (TPSA) is 74.4 Å². The van der Waals surface area contributed by atoms with E-state index in [0.29, 0.717) is 23.1 Å². The van der Waals surface area contributed by atoms with Crippen molar-refractivity contribution >= 4 is 22.4 Å². The lowest BCUT2D eigenvalue weighted by molar-refractivity contribution is 0.0523. The van der Waals surface area contributed by atoms with E-state index in [1.807, 2.05) is 11.4 Å². The normalized spacial score (nSPS) is 10.2. The second kappa shape index (κ2) is 5.71. The lowest BCUT2D eigenvalue weighted by atomic mass is 10.1. The molecule has 0 bridgehead atoms. The van der Waals surface area contributed by atoms with Crippen LogP contribution in [-0.2, 0) is 4.74 Å². The minimum absolute atomic E-state index is 0.315. The minimum atomic E-state index is -0.413. The van der Waals surface area contributed by atoms with Gasteiger partial charge in [0, 0.05) is 10.9 Å². The van der Waals surface area contributed by atoms with E-state index in [9.17, 15) is 4.79 Å². The molecule has 0 saturated carbocycles. The van der Waals surface area contributed by atoms with Crippen molar-refractivity contribution < 1.29 is 14.3 Å². The lowest BCUT2D eigenvalue weighted by Gasteiger charge is -2.09. The zero-order valence-electron chi connectivity index (χ0n) is 10.7. The van der Waals surface area contributed by atoms with E-state index in [2.05, 4.69) is 4.98 Å². The molecule has 0 aliphatic heterocycles. The summed E-state index contributed by atoms with van der Waals surface area (Å²) >= 11 is 1.35. The van der Waals surface area contributed by atoms with Gasteiger partial charge < -0.3 is 15.2 Å². The average Bonchev–Trinajstić information content (AvgIpc) is 2.85. The molecule has 0 radical (unpaired) electrons. The average molecular weight is 278 g/mol. The van der Waals surface area contributed by atoms with E-state index in [-0.39, 0.29) is 0 Å². The van der Waals surface area contributed by atoms with Gasteiger partial charge in [-0.2, -0.15) is 0 Å². The number of carbonyl (C=O) groups excluding carboxylic acids is 1. The van der Waals surface area contributed by atoms with Crippen LogP contribution in [0.15, 0.2) is 23.6 Å². The van der Waals surface area contributed by atoms with E-state index in [0.717, 1.165) is 11.3 Å². The maximum absolute atomic E-state index is 11.9. The van der Waals surface area contributed by atoms with E-state index in [4.69, 9.17) is 15.2 Å². The number of ether oxygens (including phenoxy) is 2. The molecule has 0 aliphatic rings. The molecule has 0 amide bonds. The number of hydrogen-bond donors (Lipinski definition) is 1. The lowest BCUT2D eigenvalue weighted by Crippen LogP contribution is -2.07. The number of hydrogen-bond acceptors (Lipinski definition) is 6. The van der Waals surface area contributed by atoms with Crippen LogP contribution < -0.4 is 10.5 Å². The van der Waals surface area contributed by atoms with Crippen LogP contribution in [0.2, 0.25) is 0 Å². The van der Waals surface area contributed by atoms with Crippen LogP contribution in [0.4, 0.5) is 5.13 Å². The van der Waals surface area contributed by atoms with Crippen molar-refractivity contribution in [3.05, 3.63) is 29.1 Å². The Morgan fingerprint density at radius 3 is 2.84 bits per heavy atom. The molecule has 0 unspecified atom stereocenters. The second-order valence-corrected chi connectivity index (χ2v) is 4.60. The Hall–Kier alpha value is -2.08. The number of nitrogens with two attached hydrogens (primary N) is 1. The highest BCUT2D eigenvalue weighted by atomic mass is 32.1. The van der Waals surface area contributed by atoms with E-state index >= 15 is 0 Å². The quantitative estimate of drug-likeness (QED) is 0.870. The summed E-state index contributed by atoms with van der Waals surface area (Å²) in [5.74, 6) is 0.0646. The third-order valence-electron chi connectivity index (χ3n) is 2.51. The van der Waals surface area contributed by atoms with Crippen molar-refractivity contribution in [3.63, 3.8) is 0 Å². The fourth-order valence-electron chi connectivity index (χ4n) is 1.66. The predicted molar refractivity (Wildman–Crippen MR) is 74.5 cm³/mol. The molecule has 19 heavy (non-hydrogen) atoms.